The number of anilines is 2. The lowest BCUT2D eigenvalue weighted by Crippen LogP contribution is -2.37. The highest BCUT2D eigenvalue weighted by Crippen LogP contribution is 2.38. The third-order valence-electron chi connectivity index (χ3n) is 5.67. The van der Waals surface area contributed by atoms with E-state index >= 15 is 0 Å². The highest BCUT2D eigenvalue weighted by molar-refractivity contribution is 9.10. The van der Waals surface area contributed by atoms with Gasteiger partial charge in [0, 0.05) is 25.3 Å². The molecular formula is C27H29BrN2O5. The average molecular weight is 541 g/mol. The van der Waals surface area contributed by atoms with Gasteiger partial charge >= 0.3 is 5.97 Å². The molecule has 35 heavy (non-hydrogen) atoms. The predicted octanol–water partition coefficient (Wildman–Crippen LogP) is 5.57. The largest absolute Gasteiger partial charge is 0.490 e. The molecule has 3 aromatic rings. The molecule has 8 heteroatoms. The Morgan fingerprint density at radius 3 is 2.54 bits per heavy atom. The number of aromatic carboxylic acids is 1. The third kappa shape index (κ3) is 6.46. The van der Waals surface area contributed by atoms with Gasteiger partial charge in [0.25, 0.3) is 0 Å². The molecular weight excluding hydrogens is 512 g/mol. The summed E-state index contributed by atoms with van der Waals surface area (Å²) in [6.45, 7) is 5.93. The van der Waals surface area contributed by atoms with Crippen molar-refractivity contribution in [3.63, 3.8) is 0 Å². The summed E-state index contributed by atoms with van der Waals surface area (Å²) >= 11 is 3.63. The summed E-state index contributed by atoms with van der Waals surface area (Å²) in [5.41, 5.74) is 3.77. The quantitative estimate of drug-likeness (QED) is 0.347. The fraction of sp³-hybridized carbons (Fsp3) is 0.296. The van der Waals surface area contributed by atoms with Gasteiger partial charge in [-0.25, -0.2) is 4.79 Å². The van der Waals surface area contributed by atoms with Gasteiger partial charge in [0.05, 0.1) is 35.5 Å². The molecule has 1 aliphatic rings. The number of benzene rings is 3. The number of carbonyl (C=O) groups is 1. The summed E-state index contributed by atoms with van der Waals surface area (Å²) in [5.74, 6) is 0.363. The van der Waals surface area contributed by atoms with Crippen molar-refractivity contribution in [3.8, 4) is 11.5 Å². The van der Waals surface area contributed by atoms with Crippen LogP contribution in [0, 0.1) is 0 Å². The Labute approximate surface area is 213 Å². The number of rotatable bonds is 10. The lowest BCUT2D eigenvalue weighted by atomic mass is 10.1. The number of hydrogen-bond donors (Lipinski definition) is 2. The molecule has 0 spiro atoms. The van der Waals surface area contributed by atoms with Gasteiger partial charge in [-0.2, -0.15) is 0 Å². The molecule has 1 heterocycles. The van der Waals surface area contributed by atoms with E-state index in [1.54, 1.807) is 6.07 Å². The second kappa shape index (κ2) is 12.0. The van der Waals surface area contributed by atoms with Crippen molar-refractivity contribution in [1.82, 2.24) is 0 Å². The Bertz CT molecular complexity index is 1150. The summed E-state index contributed by atoms with van der Waals surface area (Å²) in [4.78, 5) is 14.0. The van der Waals surface area contributed by atoms with Gasteiger partial charge in [-0.05, 0) is 64.3 Å². The minimum atomic E-state index is -0.948. The van der Waals surface area contributed by atoms with E-state index in [0.717, 1.165) is 21.3 Å². The highest BCUT2D eigenvalue weighted by Gasteiger charge is 2.19. The molecule has 4 rings (SSSR count). The number of nitrogens with zero attached hydrogens (tertiary/aromatic N) is 1. The van der Waals surface area contributed by atoms with Crippen LogP contribution in [0.2, 0.25) is 0 Å². The van der Waals surface area contributed by atoms with Crippen molar-refractivity contribution in [2.24, 2.45) is 0 Å². The van der Waals surface area contributed by atoms with Crippen LogP contribution in [-0.4, -0.2) is 44.0 Å². The van der Waals surface area contributed by atoms with Gasteiger partial charge in [0.1, 0.15) is 6.61 Å². The monoisotopic (exact) mass is 540 g/mol. The van der Waals surface area contributed by atoms with Crippen LogP contribution in [0.25, 0.3) is 0 Å². The molecule has 1 fully saturated rings. The molecule has 1 saturated heterocycles. The van der Waals surface area contributed by atoms with E-state index < -0.39 is 5.97 Å². The van der Waals surface area contributed by atoms with Crippen molar-refractivity contribution in [1.29, 1.82) is 0 Å². The van der Waals surface area contributed by atoms with Gasteiger partial charge in [-0.1, -0.05) is 30.3 Å². The molecule has 0 amide bonds. The number of carboxylic acid groups (broad SMARTS) is 1. The SMILES string of the molecule is CCOc1cc(CNc2ccc(N3CCOCC3)c(C(=O)O)c2)cc(Br)c1OCc1ccccc1. The smallest absolute Gasteiger partial charge is 0.337 e. The number of morpholine rings is 1. The van der Waals surface area contributed by atoms with Crippen LogP contribution in [0.1, 0.15) is 28.4 Å². The molecule has 1 aliphatic heterocycles. The molecule has 2 N–H and O–H groups in total. The van der Waals surface area contributed by atoms with Crippen LogP contribution in [0.5, 0.6) is 11.5 Å². The van der Waals surface area contributed by atoms with E-state index in [-0.39, 0.29) is 5.56 Å². The van der Waals surface area contributed by atoms with Gasteiger partial charge in [0.2, 0.25) is 0 Å². The zero-order valence-electron chi connectivity index (χ0n) is 19.6. The van der Waals surface area contributed by atoms with Gasteiger partial charge < -0.3 is 29.5 Å². The lowest BCUT2D eigenvalue weighted by Gasteiger charge is -2.30. The van der Waals surface area contributed by atoms with Crippen LogP contribution in [0.15, 0.2) is 65.1 Å². The molecule has 0 unspecified atom stereocenters. The number of carboxylic acids is 1. The normalized spacial score (nSPS) is 13.4. The molecule has 0 aliphatic carbocycles. The van der Waals surface area contributed by atoms with Crippen LogP contribution in [-0.2, 0) is 17.9 Å². The Morgan fingerprint density at radius 1 is 1.06 bits per heavy atom. The number of ether oxygens (including phenoxy) is 3. The second-order valence-corrected chi connectivity index (χ2v) is 8.96. The molecule has 0 bridgehead atoms. The van der Waals surface area contributed by atoms with Gasteiger partial charge in [0.15, 0.2) is 11.5 Å². The third-order valence-corrected chi connectivity index (χ3v) is 6.26. The summed E-state index contributed by atoms with van der Waals surface area (Å²) in [7, 11) is 0. The first-order valence-corrected chi connectivity index (χ1v) is 12.4. The van der Waals surface area contributed by atoms with Crippen LogP contribution in [0.3, 0.4) is 0 Å². The minimum absolute atomic E-state index is 0.276. The zero-order valence-corrected chi connectivity index (χ0v) is 21.2. The molecule has 0 radical (unpaired) electrons. The lowest BCUT2D eigenvalue weighted by molar-refractivity contribution is 0.0696. The van der Waals surface area contributed by atoms with E-state index in [2.05, 4.69) is 26.1 Å². The maximum atomic E-state index is 11.9. The van der Waals surface area contributed by atoms with E-state index in [9.17, 15) is 9.90 Å². The minimum Gasteiger partial charge on any atom is -0.490 e. The van der Waals surface area contributed by atoms with Gasteiger partial charge in [-0.15, -0.1) is 0 Å². The second-order valence-electron chi connectivity index (χ2n) is 8.10. The number of hydrogen-bond acceptors (Lipinski definition) is 6. The average Bonchev–Trinajstić information content (AvgIpc) is 2.88. The fourth-order valence-corrected chi connectivity index (χ4v) is 4.56. The summed E-state index contributed by atoms with van der Waals surface area (Å²) in [6, 6.07) is 19.4. The van der Waals surface area contributed by atoms with E-state index in [1.807, 2.05) is 61.5 Å². The maximum Gasteiger partial charge on any atom is 0.337 e. The van der Waals surface area contributed by atoms with Crippen molar-refractivity contribution >= 4 is 33.3 Å². The maximum absolute atomic E-state index is 11.9. The van der Waals surface area contributed by atoms with Crippen molar-refractivity contribution in [2.45, 2.75) is 20.1 Å². The molecule has 0 aromatic heterocycles. The summed E-state index contributed by atoms with van der Waals surface area (Å²) in [5, 5.41) is 13.1. The van der Waals surface area contributed by atoms with Crippen molar-refractivity contribution in [3.05, 3.63) is 81.8 Å². The molecule has 3 aromatic carbocycles. The topological polar surface area (TPSA) is 80.3 Å². The molecule has 0 saturated carbocycles. The Kier molecular flexibility index (Phi) is 8.50. The highest BCUT2D eigenvalue weighted by atomic mass is 79.9. The summed E-state index contributed by atoms with van der Waals surface area (Å²) < 4.78 is 18.1. The predicted molar refractivity (Wildman–Crippen MR) is 140 cm³/mol. The first-order chi connectivity index (χ1) is 17.0. The first-order valence-electron chi connectivity index (χ1n) is 11.6. The molecule has 184 valence electrons. The van der Waals surface area contributed by atoms with Crippen LogP contribution in [0.4, 0.5) is 11.4 Å². The molecule has 0 atom stereocenters. The van der Waals surface area contributed by atoms with Crippen LogP contribution < -0.4 is 19.7 Å². The Hall–Kier alpha value is -3.23. The van der Waals surface area contributed by atoms with Gasteiger partial charge in [-0.3, -0.25) is 0 Å². The van der Waals surface area contributed by atoms with Crippen molar-refractivity contribution < 1.29 is 24.1 Å². The Morgan fingerprint density at radius 2 is 1.83 bits per heavy atom. The standard InChI is InChI=1S/C27H29BrN2O5/c1-2-34-25-15-20(14-23(28)26(25)35-18-19-6-4-3-5-7-19)17-29-21-8-9-24(22(16-21)27(31)32)30-10-12-33-13-11-30/h3-9,14-16,29H,2,10-13,17-18H2,1H3,(H,31,32). The van der Waals surface area contributed by atoms with Crippen LogP contribution >= 0.6 is 15.9 Å². The Balaban J connectivity index is 1.48. The van der Waals surface area contributed by atoms with E-state index in [4.69, 9.17) is 14.2 Å². The summed E-state index contributed by atoms with van der Waals surface area (Å²) in [6.07, 6.45) is 0. The van der Waals surface area contributed by atoms with E-state index in [0.29, 0.717) is 63.2 Å². The first kappa shape index (κ1) is 24.9. The fourth-order valence-electron chi connectivity index (χ4n) is 3.96. The van der Waals surface area contributed by atoms with E-state index in [1.165, 1.54) is 0 Å². The molecule has 7 nitrogen and oxygen atoms in total. The number of nitrogens with one attached hydrogen (secondary N) is 1. The number of halogens is 1. The zero-order chi connectivity index (χ0) is 24.6. The van der Waals surface area contributed by atoms with Crippen molar-refractivity contribution in [2.75, 3.05) is 43.1 Å².